The number of pyridine rings is 1. The smallest absolute Gasteiger partial charge is 0.337 e. The summed E-state index contributed by atoms with van der Waals surface area (Å²) in [4.78, 5) is 15.1. The van der Waals surface area contributed by atoms with Crippen molar-refractivity contribution in [2.45, 2.75) is 38.6 Å². The molecule has 1 saturated carbocycles. The largest absolute Gasteiger partial charge is 0.478 e. The van der Waals surface area contributed by atoms with Crippen LogP contribution in [0.2, 0.25) is 0 Å². The van der Waals surface area contributed by atoms with E-state index in [1.807, 2.05) is 0 Å². The van der Waals surface area contributed by atoms with Gasteiger partial charge in [-0.2, -0.15) is 0 Å². The molecule has 18 heavy (non-hydrogen) atoms. The maximum Gasteiger partial charge on any atom is 0.337 e. The first kappa shape index (κ1) is 12.7. The monoisotopic (exact) mass is 249 g/mol. The van der Waals surface area contributed by atoms with Gasteiger partial charge in [0.1, 0.15) is 5.82 Å². The highest BCUT2D eigenvalue weighted by Gasteiger charge is 2.20. The summed E-state index contributed by atoms with van der Waals surface area (Å²) >= 11 is 0. The zero-order valence-corrected chi connectivity index (χ0v) is 10.5. The lowest BCUT2D eigenvalue weighted by atomic mass is 9.87. The van der Waals surface area contributed by atoms with Crippen molar-refractivity contribution < 1.29 is 9.90 Å². The predicted molar refractivity (Wildman–Crippen MR) is 70.7 cm³/mol. The Balaban J connectivity index is 2.14. The molecule has 0 saturated heterocycles. The zero-order valence-electron chi connectivity index (χ0n) is 10.5. The highest BCUT2D eigenvalue weighted by atomic mass is 16.4. The molecule has 1 aromatic rings. The van der Waals surface area contributed by atoms with E-state index in [0.29, 0.717) is 17.8 Å². The molecule has 0 aliphatic heterocycles. The molecule has 1 heterocycles. The molecule has 0 spiro atoms. The quantitative estimate of drug-likeness (QED) is 0.765. The lowest BCUT2D eigenvalue weighted by Crippen LogP contribution is -2.27. The summed E-state index contributed by atoms with van der Waals surface area (Å²) < 4.78 is 0. The first-order valence-electron chi connectivity index (χ1n) is 6.32. The molecule has 1 aliphatic carbocycles. The number of aromatic nitrogens is 1. The summed E-state index contributed by atoms with van der Waals surface area (Å²) in [5.74, 6) is 0.170. The van der Waals surface area contributed by atoms with Crippen molar-refractivity contribution in [3.8, 4) is 0 Å². The number of nitrogens with two attached hydrogens (primary N) is 1. The van der Waals surface area contributed by atoms with E-state index >= 15 is 0 Å². The van der Waals surface area contributed by atoms with E-state index in [-0.39, 0.29) is 11.3 Å². The molecule has 1 aromatic heterocycles. The van der Waals surface area contributed by atoms with Crippen molar-refractivity contribution in [1.82, 2.24) is 4.98 Å². The average molecular weight is 249 g/mol. The molecule has 0 bridgehead atoms. The second-order valence-electron chi connectivity index (χ2n) is 5.04. The molecule has 0 amide bonds. The highest BCUT2D eigenvalue weighted by Crippen LogP contribution is 2.28. The number of nitrogen functional groups attached to an aromatic ring is 1. The van der Waals surface area contributed by atoms with E-state index < -0.39 is 5.97 Å². The maximum absolute atomic E-state index is 11.0. The lowest BCUT2D eigenvalue weighted by Gasteiger charge is -2.28. The van der Waals surface area contributed by atoms with Crippen LogP contribution < -0.4 is 11.1 Å². The average Bonchev–Trinajstić information content (AvgIpc) is 2.31. The van der Waals surface area contributed by atoms with Crippen molar-refractivity contribution in [2.75, 3.05) is 11.1 Å². The second kappa shape index (κ2) is 5.25. The fourth-order valence-corrected chi connectivity index (χ4v) is 2.53. The summed E-state index contributed by atoms with van der Waals surface area (Å²) in [6.07, 6.45) is 6.10. The number of hydrogen-bond donors (Lipinski definition) is 3. The summed E-state index contributed by atoms with van der Waals surface area (Å²) in [5.41, 5.74) is 6.16. The molecular formula is C13H19N3O2. The van der Waals surface area contributed by atoms with Gasteiger partial charge in [-0.1, -0.05) is 19.8 Å². The SMILES string of the molecule is CC1CCCC(Nc2nccc(C(=O)O)c2N)C1. The Labute approximate surface area is 106 Å². The number of carbonyl (C=O) groups is 1. The Morgan fingerprint density at radius 2 is 2.33 bits per heavy atom. The van der Waals surface area contributed by atoms with Gasteiger partial charge in [0.15, 0.2) is 0 Å². The van der Waals surface area contributed by atoms with E-state index in [0.717, 1.165) is 12.8 Å². The van der Waals surface area contributed by atoms with Crippen molar-refractivity contribution in [2.24, 2.45) is 5.92 Å². The minimum absolute atomic E-state index is 0.108. The van der Waals surface area contributed by atoms with Gasteiger partial charge in [-0.05, 0) is 24.8 Å². The van der Waals surface area contributed by atoms with Gasteiger partial charge in [-0.3, -0.25) is 0 Å². The highest BCUT2D eigenvalue weighted by molar-refractivity contribution is 5.96. The van der Waals surface area contributed by atoms with Crippen molar-refractivity contribution >= 4 is 17.5 Å². The van der Waals surface area contributed by atoms with Gasteiger partial charge in [0.25, 0.3) is 0 Å². The summed E-state index contributed by atoms with van der Waals surface area (Å²) in [5, 5.41) is 12.3. The lowest BCUT2D eigenvalue weighted by molar-refractivity contribution is 0.0698. The number of rotatable bonds is 3. The van der Waals surface area contributed by atoms with Gasteiger partial charge in [-0.15, -0.1) is 0 Å². The minimum Gasteiger partial charge on any atom is -0.478 e. The summed E-state index contributed by atoms with van der Waals surface area (Å²) in [7, 11) is 0. The van der Waals surface area contributed by atoms with Crippen LogP contribution >= 0.6 is 0 Å². The van der Waals surface area contributed by atoms with Crippen LogP contribution in [0.25, 0.3) is 0 Å². The summed E-state index contributed by atoms with van der Waals surface area (Å²) in [6, 6.07) is 1.76. The van der Waals surface area contributed by atoms with Crippen LogP contribution in [0, 0.1) is 5.92 Å². The van der Waals surface area contributed by atoms with Crippen molar-refractivity contribution in [3.05, 3.63) is 17.8 Å². The van der Waals surface area contributed by atoms with Crippen LogP contribution in [0.4, 0.5) is 11.5 Å². The molecule has 1 fully saturated rings. The Morgan fingerprint density at radius 3 is 3.00 bits per heavy atom. The van der Waals surface area contributed by atoms with Crippen LogP contribution in [0.15, 0.2) is 12.3 Å². The molecule has 5 nitrogen and oxygen atoms in total. The van der Waals surface area contributed by atoms with E-state index in [1.165, 1.54) is 25.1 Å². The van der Waals surface area contributed by atoms with Gasteiger partial charge in [-0.25, -0.2) is 9.78 Å². The zero-order chi connectivity index (χ0) is 13.1. The molecule has 5 heteroatoms. The molecule has 2 atom stereocenters. The van der Waals surface area contributed by atoms with E-state index in [9.17, 15) is 4.79 Å². The topological polar surface area (TPSA) is 88.2 Å². The Hall–Kier alpha value is -1.78. The standard InChI is InChI=1S/C13H19N3O2/c1-8-3-2-4-9(7-8)16-12-11(14)10(13(17)18)5-6-15-12/h5-6,8-9H,2-4,7,14H2,1H3,(H,15,16)(H,17,18). The molecule has 98 valence electrons. The number of carboxylic acids is 1. The van der Waals surface area contributed by atoms with Gasteiger partial charge in [0.05, 0.1) is 11.3 Å². The third-order valence-electron chi connectivity index (χ3n) is 3.50. The molecule has 2 unspecified atom stereocenters. The number of nitrogens with zero attached hydrogens (tertiary/aromatic N) is 1. The number of carboxylic acid groups (broad SMARTS) is 1. The van der Waals surface area contributed by atoms with Gasteiger partial charge < -0.3 is 16.2 Å². The first-order valence-corrected chi connectivity index (χ1v) is 6.32. The van der Waals surface area contributed by atoms with Crippen LogP contribution in [0.5, 0.6) is 0 Å². The molecule has 2 rings (SSSR count). The number of anilines is 2. The second-order valence-corrected chi connectivity index (χ2v) is 5.04. The van der Waals surface area contributed by atoms with Gasteiger partial charge in [0, 0.05) is 12.2 Å². The Bertz CT molecular complexity index is 448. The van der Waals surface area contributed by atoms with Crippen molar-refractivity contribution in [1.29, 1.82) is 0 Å². The molecular weight excluding hydrogens is 230 g/mol. The van der Waals surface area contributed by atoms with Gasteiger partial charge >= 0.3 is 5.97 Å². The maximum atomic E-state index is 11.0. The first-order chi connectivity index (χ1) is 8.58. The fraction of sp³-hybridized carbons (Fsp3) is 0.538. The summed E-state index contributed by atoms with van der Waals surface area (Å²) in [6.45, 7) is 2.23. The van der Waals surface area contributed by atoms with Crippen molar-refractivity contribution in [3.63, 3.8) is 0 Å². The third kappa shape index (κ3) is 2.72. The molecule has 1 aliphatic rings. The van der Waals surface area contributed by atoms with E-state index in [2.05, 4.69) is 17.2 Å². The van der Waals surface area contributed by atoms with E-state index in [4.69, 9.17) is 10.8 Å². The molecule has 0 radical (unpaired) electrons. The Morgan fingerprint density at radius 1 is 1.56 bits per heavy atom. The fourth-order valence-electron chi connectivity index (χ4n) is 2.53. The van der Waals surface area contributed by atoms with Crippen LogP contribution in [-0.2, 0) is 0 Å². The van der Waals surface area contributed by atoms with Crippen LogP contribution in [-0.4, -0.2) is 22.1 Å². The Kier molecular flexibility index (Phi) is 3.69. The predicted octanol–water partition coefficient (Wildman–Crippen LogP) is 2.35. The molecule has 4 N–H and O–H groups in total. The number of aromatic carboxylic acids is 1. The third-order valence-corrected chi connectivity index (χ3v) is 3.50. The van der Waals surface area contributed by atoms with E-state index in [1.54, 1.807) is 0 Å². The van der Waals surface area contributed by atoms with Crippen LogP contribution in [0.1, 0.15) is 43.0 Å². The number of nitrogens with one attached hydrogen (secondary N) is 1. The van der Waals surface area contributed by atoms with Gasteiger partial charge in [0.2, 0.25) is 0 Å². The molecule has 0 aromatic carbocycles. The number of hydrogen-bond acceptors (Lipinski definition) is 4. The normalized spacial score (nSPS) is 23.6. The van der Waals surface area contributed by atoms with Crippen LogP contribution in [0.3, 0.4) is 0 Å². The minimum atomic E-state index is -1.02.